The summed E-state index contributed by atoms with van der Waals surface area (Å²) in [6.45, 7) is 20.4. The van der Waals surface area contributed by atoms with Gasteiger partial charge in [-0.2, -0.15) is 9.59 Å². The molecule has 2 N–H and O–H groups in total. The van der Waals surface area contributed by atoms with Crippen LogP contribution in [0.2, 0.25) is 0 Å². The fraction of sp³-hybridized carbons (Fsp3) is 0.568. The van der Waals surface area contributed by atoms with E-state index >= 15 is 0 Å². The average Bonchev–Trinajstić information content (AvgIpc) is 3.58. The van der Waals surface area contributed by atoms with E-state index in [1.807, 2.05) is 6.92 Å². The Morgan fingerprint density at radius 2 is 1.24 bits per heavy atom. The molecule has 0 saturated carbocycles. The second-order valence-electron chi connectivity index (χ2n) is 10.4. The van der Waals surface area contributed by atoms with Crippen molar-refractivity contribution in [1.29, 1.82) is 0 Å². The standard InChI is InChI=1S/C12H18O6.C12H16O5.C7H10O2.C4H8O2.CH2O3.CO2.2K.H/c1-5-16-10(13)8-9(11(14)17-6-2)18-7(3)12(8,4)15;1-5-15-11(13)9-7(3)8(4)17-10(9)12(14)16-6-2;1-3-5-6-7(8)9-4-2;1-3(5)4(2)6;2-1-4-3;2-1-3;;;/h7,15H,5-6H2,1-4H3;5-6H2,1-4H3;3-4H2,1-2H3;3,5H,1-2H3;1,3H;;;;/q;;;;;;2*+1;-1/p-1. The Morgan fingerprint density at radius 1 is 0.847 bits per heavy atom. The number of hydrogen-bond donors (Lipinski definition) is 2. The molecule has 2 heterocycles. The summed E-state index contributed by atoms with van der Waals surface area (Å²) in [5.74, 6) is 1.72. The number of aliphatic hydroxyl groups is 2. The molecule has 0 bridgehead atoms. The Bertz CT molecular complexity index is 1570. The topological polar surface area (TPSA) is 295 Å². The van der Waals surface area contributed by atoms with Gasteiger partial charge in [-0.25, -0.2) is 24.0 Å². The molecule has 3 atom stereocenters. The summed E-state index contributed by atoms with van der Waals surface area (Å²) >= 11 is 0. The SMILES string of the molecule is CC(=O)C(C)O.CCC#CC(=O)OCC.CCOC(=O)C1=C(C(=O)OCC)C(C)(O)C(C)O1.CCOC(=O)c1oc(C)c(C)c1C(=O)OCC.O=C=O.O=CO[O-].[H-].[K+].[K+]. The summed E-state index contributed by atoms with van der Waals surface area (Å²) in [7, 11) is 0. The van der Waals surface area contributed by atoms with Crippen molar-refractivity contribution in [1.82, 2.24) is 0 Å². The first-order chi connectivity index (χ1) is 26.7. The molecule has 59 heavy (non-hydrogen) atoms. The molecule has 0 aromatic carbocycles. The third-order valence-electron chi connectivity index (χ3n) is 6.36. The van der Waals surface area contributed by atoms with Gasteiger partial charge in [0.15, 0.2) is 5.78 Å². The van der Waals surface area contributed by atoms with E-state index in [1.165, 1.54) is 20.8 Å². The van der Waals surface area contributed by atoms with E-state index in [9.17, 15) is 33.9 Å². The minimum absolute atomic E-state index is 0. The van der Waals surface area contributed by atoms with Gasteiger partial charge in [-0.3, -0.25) is 9.59 Å². The van der Waals surface area contributed by atoms with Gasteiger partial charge in [0.05, 0.1) is 33.0 Å². The van der Waals surface area contributed by atoms with Crippen LogP contribution >= 0.6 is 0 Å². The molecule has 22 heteroatoms. The van der Waals surface area contributed by atoms with Crippen molar-refractivity contribution in [3.05, 3.63) is 34.0 Å². The van der Waals surface area contributed by atoms with Crippen LogP contribution in [0.15, 0.2) is 15.7 Å². The minimum atomic E-state index is -1.58. The first-order valence-electron chi connectivity index (χ1n) is 17.1. The first kappa shape index (κ1) is 68.1. The fourth-order valence-corrected chi connectivity index (χ4v) is 3.38. The van der Waals surface area contributed by atoms with Gasteiger partial charge in [0.25, 0.3) is 6.47 Å². The Labute approximate surface area is 429 Å². The Morgan fingerprint density at radius 3 is 1.61 bits per heavy atom. The monoisotopic (exact) mass is 896 g/mol. The van der Waals surface area contributed by atoms with Crippen molar-refractivity contribution in [2.75, 3.05) is 33.0 Å². The number of aliphatic hydroxyl groups excluding tert-OH is 1. The number of esters is 5. The van der Waals surface area contributed by atoms with Crippen molar-refractivity contribution in [3.8, 4) is 11.8 Å². The van der Waals surface area contributed by atoms with Crippen LogP contribution in [0.3, 0.4) is 0 Å². The number of carbonyl (C=O) groups excluding carboxylic acids is 9. The molecule has 1 aromatic heterocycles. The Hall–Kier alpha value is -2.60. The number of hydrogen-bond acceptors (Lipinski definition) is 20. The molecule has 0 radical (unpaired) electrons. The van der Waals surface area contributed by atoms with E-state index in [-0.39, 0.29) is 172 Å². The van der Waals surface area contributed by atoms with E-state index in [0.717, 1.165) is 0 Å². The first-order valence-corrected chi connectivity index (χ1v) is 17.1. The molecule has 324 valence electrons. The molecule has 3 unspecified atom stereocenters. The Kier molecular flexibility index (Phi) is 47.1. The summed E-state index contributed by atoms with van der Waals surface area (Å²) in [6, 6.07) is 0. The maximum atomic E-state index is 11.8. The second kappa shape index (κ2) is 40.8. The summed E-state index contributed by atoms with van der Waals surface area (Å²) in [6.07, 6.45) is -0.569. The van der Waals surface area contributed by atoms with Gasteiger partial charge in [0, 0.05) is 17.9 Å². The summed E-state index contributed by atoms with van der Waals surface area (Å²) in [4.78, 5) is 94.6. The van der Waals surface area contributed by atoms with Crippen LogP contribution in [0.1, 0.15) is 109 Å². The molecule has 20 nitrogen and oxygen atoms in total. The quantitative estimate of drug-likeness (QED) is 0.0310. The summed E-state index contributed by atoms with van der Waals surface area (Å²) in [5, 5.41) is 26.9. The van der Waals surface area contributed by atoms with Crippen LogP contribution in [0.4, 0.5) is 0 Å². The van der Waals surface area contributed by atoms with E-state index < -0.39 is 47.7 Å². The molecule has 2 rings (SSSR count). The van der Waals surface area contributed by atoms with Gasteiger partial charge in [-0.15, -0.1) is 0 Å². The van der Waals surface area contributed by atoms with Crippen molar-refractivity contribution in [2.24, 2.45) is 0 Å². The molecule has 0 saturated heterocycles. The Balaban J connectivity index is -0.000000123. The van der Waals surface area contributed by atoms with Crippen LogP contribution in [-0.2, 0) is 66.9 Å². The van der Waals surface area contributed by atoms with Gasteiger partial charge in [-0.1, -0.05) is 12.8 Å². The number of Topliss-reactive ketones (excluding diaryl/α,β-unsaturated/α-hetero) is 1. The molecule has 1 aliphatic heterocycles. The minimum Gasteiger partial charge on any atom is -1.00 e. The molecule has 1 aromatic rings. The van der Waals surface area contributed by atoms with Crippen LogP contribution in [0.5, 0.6) is 0 Å². The van der Waals surface area contributed by atoms with E-state index in [0.29, 0.717) is 24.4 Å². The molecular formula is C37H54K2O20. The molecule has 1 aliphatic rings. The second-order valence-corrected chi connectivity index (χ2v) is 10.4. The smallest absolute Gasteiger partial charge is 1.00 e. The number of aryl methyl sites for hydroxylation is 1. The van der Waals surface area contributed by atoms with Crippen molar-refractivity contribution >= 4 is 48.3 Å². The predicted molar refractivity (Wildman–Crippen MR) is 192 cm³/mol. The number of ketones is 1. The zero-order chi connectivity index (χ0) is 45.3. The molecular weight excluding hydrogens is 843 g/mol. The van der Waals surface area contributed by atoms with Crippen LogP contribution in [0, 0.1) is 25.7 Å². The zero-order valence-corrected chi connectivity index (χ0v) is 42.5. The van der Waals surface area contributed by atoms with Gasteiger partial charge in [0.2, 0.25) is 11.5 Å². The third-order valence-corrected chi connectivity index (χ3v) is 6.36. The zero-order valence-electron chi connectivity index (χ0n) is 37.2. The molecule has 0 fully saturated rings. The van der Waals surface area contributed by atoms with E-state index in [4.69, 9.17) is 52.8 Å². The van der Waals surface area contributed by atoms with E-state index in [1.54, 1.807) is 55.4 Å². The average molecular weight is 897 g/mol. The fourth-order valence-electron chi connectivity index (χ4n) is 3.38. The van der Waals surface area contributed by atoms with Crippen molar-refractivity contribution < 1.29 is 201 Å². The van der Waals surface area contributed by atoms with Crippen LogP contribution in [-0.4, -0.2) is 109 Å². The summed E-state index contributed by atoms with van der Waals surface area (Å²) < 4.78 is 34.3. The number of rotatable bonds is 11. The largest absolute Gasteiger partial charge is 1.00 e. The van der Waals surface area contributed by atoms with Crippen LogP contribution in [0.25, 0.3) is 0 Å². The van der Waals surface area contributed by atoms with Crippen LogP contribution < -0.4 is 108 Å². The molecule has 0 spiro atoms. The van der Waals surface area contributed by atoms with Crippen molar-refractivity contribution in [2.45, 2.75) is 107 Å². The number of carbonyl (C=O) groups is 7. The van der Waals surface area contributed by atoms with Gasteiger partial charge >= 0.3 is 139 Å². The third kappa shape index (κ3) is 29.3. The van der Waals surface area contributed by atoms with Gasteiger partial charge < -0.3 is 54.6 Å². The van der Waals surface area contributed by atoms with Gasteiger partial charge in [-0.05, 0) is 76.2 Å². The maximum Gasteiger partial charge on any atom is 1.00 e. The molecule has 0 amide bonds. The maximum absolute atomic E-state index is 11.8. The number of furan rings is 1. The predicted octanol–water partition coefficient (Wildman–Crippen LogP) is -4.32. The van der Waals surface area contributed by atoms with E-state index in [2.05, 4.69) is 21.5 Å². The number of ether oxygens (including phenoxy) is 6. The summed E-state index contributed by atoms with van der Waals surface area (Å²) in [5.41, 5.74) is -1.00. The normalized spacial score (nSPS) is 14.1. The molecule has 0 aliphatic carbocycles. The van der Waals surface area contributed by atoms with Crippen molar-refractivity contribution in [3.63, 3.8) is 0 Å². The van der Waals surface area contributed by atoms with Gasteiger partial charge in [0.1, 0.15) is 34.7 Å².